The molecule has 0 bridgehead atoms. The lowest BCUT2D eigenvalue weighted by atomic mass is 10.1. The summed E-state index contributed by atoms with van der Waals surface area (Å²) in [6, 6.07) is 15.7. The molecule has 2 rings (SSSR count). The fourth-order valence-electron chi connectivity index (χ4n) is 2.35. The van der Waals surface area contributed by atoms with E-state index in [2.05, 4.69) is 22.8 Å². The zero-order valence-corrected chi connectivity index (χ0v) is 15.0. The predicted molar refractivity (Wildman–Crippen MR) is 101 cm³/mol. The number of benzene rings is 2. The van der Waals surface area contributed by atoms with E-state index in [-0.39, 0.29) is 5.91 Å². The van der Waals surface area contributed by atoms with Gasteiger partial charge in [-0.1, -0.05) is 59.6 Å². The van der Waals surface area contributed by atoms with E-state index in [9.17, 15) is 4.79 Å². The van der Waals surface area contributed by atoms with Gasteiger partial charge >= 0.3 is 0 Å². The Balaban J connectivity index is 1.54. The van der Waals surface area contributed by atoms with Gasteiger partial charge in [-0.25, -0.2) is 0 Å². The van der Waals surface area contributed by atoms with E-state index in [1.54, 1.807) is 6.07 Å². The number of hydrogen-bond donors (Lipinski definition) is 2. The van der Waals surface area contributed by atoms with E-state index in [1.807, 2.05) is 30.3 Å². The molecule has 24 heavy (non-hydrogen) atoms. The van der Waals surface area contributed by atoms with Crippen LogP contribution in [0.3, 0.4) is 0 Å². The normalized spacial score (nSPS) is 10.6. The van der Waals surface area contributed by atoms with Gasteiger partial charge in [0.2, 0.25) is 5.91 Å². The highest BCUT2D eigenvalue weighted by Gasteiger charge is 2.03. The Labute approximate surface area is 153 Å². The summed E-state index contributed by atoms with van der Waals surface area (Å²) in [5, 5.41) is 7.53. The summed E-state index contributed by atoms with van der Waals surface area (Å²) in [5.74, 6) is 0.0722. The minimum atomic E-state index is 0.0722. The second kappa shape index (κ2) is 10.3. The van der Waals surface area contributed by atoms with Crippen molar-refractivity contribution in [1.82, 2.24) is 10.6 Å². The third-order valence-electron chi connectivity index (χ3n) is 3.69. The highest BCUT2D eigenvalue weighted by molar-refractivity contribution is 6.35. The van der Waals surface area contributed by atoms with Gasteiger partial charge in [-0.3, -0.25) is 4.79 Å². The number of amides is 1. The third-order valence-corrected chi connectivity index (χ3v) is 4.28. The first-order valence-electron chi connectivity index (χ1n) is 8.10. The van der Waals surface area contributed by atoms with Gasteiger partial charge in [0.25, 0.3) is 0 Å². The van der Waals surface area contributed by atoms with Crippen LogP contribution in [-0.2, 0) is 17.6 Å². The Morgan fingerprint density at radius 1 is 0.917 bits per heavy atom. The smallest absolute Gasteiger partial charge is 0.221 e. The molecule has 0 radical (unpaired) electrons. The highest BCUT2D eigenvalue weighted by Crippen LogP contribution is 2.20. The molecule has 128 valence electrons. The van der Waals surface area contributed by atoms with Crippen molar-refractivity contribution in [3.8, 4) is 0 Å². The summed E-state index contributed by atoms with van der Waals surface area (Å²) in [6.07, 6.45) is 2.14. The van der Waals surface area contributed by atoms with Gasteiger partial charge < -0.3 is 10.6 Å². The van der Waals surface area contributed by atoms with Gasteiger partial charge in [-0.2, -0.15) is 0 Å². The maximum atomic E-state index is 11.8. The molecule has 3 nitrogen and oxygen atoms in total. The molecule has 1 amide bonds. The van der Waals surface area contributed by atoms with Crippen LogP contribution in [0.25, 0.3) is 0 Å². The lowest BCUT2D eigenvalue weighted by molar-refractivity contribution is -0.120. The number of nitrogens with one attached hydrogen (secondary N) is 2. The molecular weight excluding hydrogens is 343 g/mol. The third kappa shape index (κ3) is 6.91. The maximum Gasteiger partial charge on any atom is 0.221 e. The summed E-state index contributed by atoms with van der Waals surface area (Å²) in [4.78, 5) is 11.8. The maximum absolute atomic E-state index is 11.8. The number of rotatable bonds is 9. The van der Waals surface area contributed by atoms with Crippen molar-refractivity contribution in [3.05, 3.63) is 69.7 Å². The van der Waals surface area contributed by atoms with Crippen LogP contribution in [0.4, 0.5) is 0 Å². The van der Waals surface area contributed by atoms with Crippen LogP contribution < -0.4 is 10.6 Å². The number of carbonyl (C=O) groups is 1. The molecule has 0 unspecified atom stereocenters. The predicted octanol–water partition coefficient (Wildman–Crippen LogP) is 3.87. The average Bonchev–Trinajstić information content (AvgIpc) is 2.57. The molecule has 0 saturated heterocycles. The molecule has 0 saturated carbocycles. The number of carbonyl (C=O) groups excluding carboxylic acids is 1. The average molecular weight is 365 g/mol. The van der Waals surface area contributed by atoms with Crippen LogP contribution in [0.1, 0.15) is 17.5 Å². The van der Waals surface area contributed by atoms with Gasteiger partial charge in [0.15, 0.2) is 0 Å². The van der Waals surface area contributed by atoms with Crippen LogP contribution in [-0.4, -0.2) is 25.5 Å². The lowest BCUT2D eigenvalue weighted by Crippen LogP contribution is -2.29. The first-order chi connectivity index (χ1) is 11.6. The first-order valence-corrected chi connectivity index (χ1v) is 8.86. The van der Waals surface area contributed by atoms with Gasteiger partial charge in [0.1, 0.15) is 0 Å². The fourth-order valence-corrected chi connectivity index (χ4v) is 2.86. The summed E-state index contributed by atoms with van der Waals surface area (Å²) < 4.78 is 0. The standard InChI is InChI=1S/C19H22Cl2N2O/c20-17-7-6-16(18(21)14-17)9-11-22-12-10-19(24)23-13-8-15-4-2-1-3-5-15/h1-7,14,22H,8-13H2,(H,23,24). The molecule has 0 fully saturated rings. The van der Waals surface area contributed by atoms with E-state index in [4.69, 9.17) is 23.2 Å². The number of hydrogen-bond acceptors (Lipinski definition) is 2. The molecule has 0 aliphatic heterocycles. The van der Waals surface area contributed by atoms with Gasteiger partial charge in [-0.05, 0) is 42.6 Å². The Morgan fingerprint density at radius 3 is 2.46 bits per heavy atom. The molecule has 0 aromatic heterocycles. The van der Waals surface area contributed by atoms with Crippen molar-refractivity contribution in [2.24, 2.45) is 0 Å². The van der Waals surface area contributed by atoms with Crippen molar-refractivity contribution in [2.75, 3.05) is 19.6 Å². The molecular formula is C19H22Cl2N2O. The van der Waals surface area contributed by atoms with Gasteiger partial charge in [-0.15, -0.1) is 0 Å². The zero-order chi connectivity index (χ0) is 17.2. The fraction of sp³-hybridized carbons (Fsp3) is 0.316. The Bertz CT molecular complexity index is 647. The topological polar surface area (TPSA) is 41.1 Å². The molecule has 0 aliphatic carbocycles. The first kappa shape index (κ1) is 18.8. The largest absolute Gasteiger partial charge is 0.356 e. The molecule has 0 aliphatic rings. The SMILES string of the molecule is O=C(CCNCCc1ccc(Cl)cc1Cl)NCCc1ccccc1. The summed E-state index contributed by atoms with van der Waals surface area (Å²) in [6.45, 7) is 2.10. The van der Waals surface area contributed by atoms with Gasteiger partial charge in [0, 0.05) is 29.6 Å². The summed E-state index contributed by atoms with van der Waals surface area (Å²) in [7, 11) is 0. The van der Waals surface area contributed by atoms with E-state index < -0.39 is 0 Å². The molecule has 5 heteroatoms. The van der Waals surface area contributed by atoms with Crippen molar-refractivity contribution in [3.63, 3.8) is 0 Å². The minimum Gasteiger partial charge on any atom is -0.356 e. The van der Waals surface area contributed by atoms with Crippen LogP contribution in [0.5, 0.6) is 0 Å². The Kier molecular flexibility index (Phi) is 8.10. The molecule has 0 heterocycles. The number of halogens is 2. The van der Waals surface area contributed by atoms with E-state index >= 15 is 0 Å². The van der Waals surface area contributed by atoms with Crippen molar-refractivity contribution in [1.29, 1.82) is 0 Å². The Hall–Kier alpha value is -1.55. The van der Waals surface area contributed by atoms with E-state index in [0.29, 0.717) is 29.6 Å². The van der Waals surface area contributed by atoms with Crippen LogP contribution in [0.2, 0.25) is 10.0 Å². The summed E-state index contributed by atoms with van der Waals surface area (Å²) >= 11 is 12.0. The molecule has 2 aromatic carbocycles. The monoisotopic (exact) mass is 364 g/mol. The van der Waals surface area contributed by atoms with Crippen molar-refractivity contribution in [2.45, 2.75) is 19.3 Å². The van der Waals surface area contributed by atoms with Crippen LogP contribution in [0.15, 0.2) is 48.5 Å². The van der Waals surface area contributed by atoms with Crippen molar-refractivity contribution >= 4 is 29.1 Å². The van der Waals surface area contributed by atoms with Gasteiger partial charge in [0.05, 0.1) is 0 Å². The molecule has 0 atom stereocenters. The quantitative estimate of drug-likeness (QED) is 0.663. The summed E-state index contributed by atoms with van der Waals surface area (Å²) in [5.41, 5.74) is 2.29. The van der Waals surface area contributed by atoms with E-state index in [1.165, 1.54) is 5.56 Å². The highest BCUT2D eigenvalue weighted by atomic mass is 35.5. The second-order valence-electron chi connectivity index (χ2n) is 5.57. The van der Waals surface area contributed by atoms with E-state index in [0.717, 1.165) is 24.9 Å². The molecule has 2 aromatic rings. The Morgan fingerprint density at radius 2 is 1.71 bits per heavy atom. The van der Waals surface area contributed by atoms with Crippen molar-refractivity contribution < 1.29 is 4.79 Å². The minimum absolute atomic E-state index is 0.0722. The molecule has 0 spiro atoms. The van der Waals surface area contributed by atoms with Crippen LogP contribution in [0, 0.1) is 0 Å². The molecule has 2 N–H and O–H groups in total. The second-order valence-corrected chi connectivity index (χ2v) is 6.41. The van der Waals surface area contributed by atoms with Crippen LogP contribution >= 0.6 is 23.2 Å². The lowest BCUT2D eigenvalue weighted by Gasteiger charge is -2.08. The zero-order valence-electron chi connectivity index (χ0n) is 13.5.